The topological polar surface area (TPSA) is 41.1 Å². The molecule has 1 unspecified atom stereocenters. The summed E-state index contributed by atoms with van der Waals surface area (Å²) in [6.07, 6.45) is 2.90. The molecule has 1 aromatic rings. The first-order valence-corrected chi connectivity index (χ1v) is 7.63. The van der Waals surface area contributed by atoms with Crippen molar-refractivity contribution >= 4 is 5.91 Å². The third-order valence-corrected chi connectivity index (χ3v) is 4.21. The minimum Gasteiger partial charge on any atom is -0.350 e. The molecule has 0 spiro atoms. The predicted molar refractivity (Wildman–Crippen MR) is 82.7 cm³/mol. The SMILES string of the molecule is Cc1ccc(C)c(C(C)NC(=O)CC2CCNCC2)c1. The van der Waals surface area contributed by atoms with Crippen LogP contribution in [0.2, 0.25) is 0 Å². The van der Waals surface area contributed by atoms with Crippen LogP contribution in [0.4, 0.5) is 0 Å². The molecule has 0 radical (unpaired) electrons. The van der Waals surface area contributed by atoms with Crippen LogP contribution in [0.15, 0.2) is 18.2 Å². The number of rotatable bonds is 4. The summed E-state index contributed by atoms with van der Waals surface area (Å²) in [6.45, 7) is 8.35. The van der Waals surface area contributed by atoms with E-state index in [9.17, 15) is 4.79 Å². The van der Waals surface area contributed by atoms with E-state index in [0.29, 0.717) is 12.3 Å². The van der Waals surface area contributed by atoms with E-state index in [2.05, 4.69) is 49.6 Å². The van der Waals surface area contributed by atoms with E-state index in [1.807, 2.05) is 0 Å². The number of aryl methyl sites for hydroxylation is 2. The lowest BCUT2D eigenvalue weighted by molar-refractivity contribution is -0.122. The Bertz CT molecular complexity index is 464. The Morgan fingerprint density at radius 2 is 2.05 bits per heavy atom. The number of carbonyl (C=O) groups excluding carboxylic acids is 1. The third kappa shape index (κ3) is 4.07. The van der Waals surface area contributed by atoms with Crippen LogP contribution in [0, 0.1) is 19.8 Å². The second-order valence-electron chi connectivity index (χ2n) is 6.05. The van der Waals surface area contributed by atoms with Crippen LogP contribution in [0.5, 0.6) is 0 Å². The number of carbonyl (C=O) groups is 1. The van der Waals surface area contributed by atoms with Crippen LogP contribution in [0.25, 0.3) is 0 Å². The first kappa shape index (κ1) is 15.0. The molecule has 1 saturated heterocycles. The van der Waals surface area contributed by atoms with E-state index in [0.717, 1.165) is 25.9 Å². The van der Waals surface area contributed by atoms with Crippen LogP contribution in [0.1, 0.15) is 48.9 Å². The number of nitrogens with one attached hydrogen (secondary N) is 2. The molecule has 1 aliphatic heterocycles. The van der Waals surface area contributed by atoms with E-state index >= 15 is 0 Å². The van der Waals surface area contributed by atoms with Gasteiger partial charge in [-0.3, -0.25) is 4.79 Å². The Morgan fingerprint density at radius 1 is 1.35 bits per heavy atom. The number of hydrogen-bond acceptors (Lipinski definition) is 2. The molecular formula is C17H26N2O. The summed E-state index contributed by atoms with van der Waals surface area (Å²) >= 11 is 0. The second kappa shape index (κ2) is 6.89. The summed E-state index contributed by atoms with van der Waals surface area (Å²) in [5.74, 6) is 0.729. The average Bonchev–Trinajstić information content (AvgIpc) is 2.42. The molecule has 20 heavy (non-hydrogen) atoms. The Kier molecular flexibility index (Phi) is 5.18. The van der Waals surface area contributed by atoms with Crippen molar-refractivity contribution < 1.29 is 4.79 Å². The monoisotopic (exact) mass is 274 g/mol. The molecule has 1 amide bonds. The molecule has 2 rings (SSSR count). The summed E-state index contributed by atoms with van der Waals surface area (Å²) in [7, 11) is 0. The van der Waals surface area contributed by atoms with E-state index in [-0.39, 0.29) is 11.9 Å². The second-order valence-corrected chi connectivity index (χ2v) is 6.05. The number of hydrogen-bond donors (Lipinski definition) is 2. The maximum absolute atomic E-state index is 12.2. The van der Waals surface area contributed by atoms with Crippen molar-refractivity contribution in [2.45, 2.75) is 46.1 Å². The van der Waals surface area contributed by atoms with Crippen molar-refractivity contribution in [1.29, 1.82) is 0 Å². The largest absolute Gasteiger partial charge is 0.350 e. The lowest BCUT2D eigenvalue weighted by Crippen LogP contribution is -2.33. The lowest BCUT2D eigenvalue weighted by Gasteiger charge is -2.23. The fraction of sp³-hybridized carbons (Fsp3) is 0.588. The van der Waals surface area contributed by atoms with Crippen molar-refractivity contribution in [3.8, 4) is 0 Å². The van der Waals surface area contributed by atoms with Crippen LogP contribution >= 0.6 is 0 Å². The van der Waals surface area contributed by atoms with Gasteiger partial charge in [-0.15, -0.1) is 0 Å². The highest BCUT2D eigenvalue weighted by atomic mass is 16.1. The number of piperidine rings is 1. The molecule has 1 heterocycles. The molecule has 0 saturated carbocycles. The molecule has 1 aliphatic rings. The molecule has 110 valence electrons. The molecule has 1 aromatic carbocycles. The van der Waals surface area contributed by atoms with Gasteiger partial charge in [0.25, 0.3) is 0 Å². The number of benzene rings is 1. The fourth-order valence-corrected chi connectivity index (χ4v) is 2.95. The van der Waals surface area contributed by atoms with Crippen LogP contribution in [0.3, 0.4) is 0 Å². The minimum absolute atomic E-state index is 0.0871. The Hall–Kier alpha value is -1.35. The van der Waals surface area contributed by atoms with Gasteiger partial charge in [-0.25, -0.2) is 0 Å². The van der Waals surface area contributed by atoms with Gasteiger partial charge in [0.05, 0.1) is 6.04 Å². The van der Waals surface area contributed by atoms with E-state index in [4.69, 9.17) is 0 Å². The van der Waals surface area contributed by atoms with Gasteiger partial charge in [-0.2, -0.15) is 0 Å². The van der Waals surface area contributed by atoms with Crippen LogP contribution < -0.4 is 10.6 Å². The molecule has 3 heteroatoms. The first-order valence-electron chi connectivity index (χ1n) is 7.63. The molecule has 2 N–H and O–H groups in total. The quantitative estimate of drug-likeness (QED) is 0.886. The third-order valence-electron chi connectivity index (χ3n) is 4.21. The highest BCUT2D eigenvalue weighted by molar-refractivity contribution is 5.76. The zero-order valence-electron chi connectivity index (χ0n) is 12.8. The Labute approximate surface area is 122 Å². The molecule has 0 aliphatic carbocycles. The fourth-order valence-electron chi connectivity index (χ4n) is 2.95. The van der Waals surface area contributed by atoms with Gasteiger partial charge in [0.2, 0.25) is 5.91 Å². The first-order chi connectivity index (χ1) is 9.56. The summed E-state index contributed by atoms with van der Waals surface area (Å²) in [6, 6.07) is 6.50. The summed E-state index contributed by atoms with van der Waals surface area (Å²) < 4.78 is 0. The summed E-state index contributed by atoms with van der Waals surface area (Å²) in [5.41, 5.74) is 3.71. The van der Waals surface area contributed by atoms with Crippen molar-refractivity contribution in [2.75, 3.05) is 13.1 Å². The smallest absolute Gasteiger partial charge is 0.220 e. The van der Waals surface area contributed by atoms with E-state index < -0.39 is 0 Å². The molecular weight excluding hydrogens is 248 g/mol. The summed E-state index contributed by atoms with van der Waals surface area (Å²) in [4.78, 5) is 12.2. The van der Waals surface area contributed by atoms with Gasteiger partial charge in [0, 0.05) is 6.42 Å². The zero-order valence-corrected chi connectivity index (χ0v) is 12.8. The minimum atomic E-state index is 0.0871. The molecule has 0 aromatic heterocycles. The molecule has 3 nitrogen and oxygen atoms in total. The molecule has 1 fully saturated rings. The van der Waals surface area contributed by atoms with Gasteiger partial charge in [0.1, 0.15) is 0 Å². The maximum atomic E-state index is 12.2. The lowest BCUT2D eigenvalue weighted by atomic mass is 9.94. The van der Waals surface area contributed by atoms with Gasteiger partial charge in [-0.05, 0) is 63.7 Å². The van der Waals surface area contributed by atoms with Crippen molar-refractivity contribution in [3.63, 3.8) is 0 Å². The summed E-state index contributed by atoms with van der Waals surface area (Å²) in [5, 5.41) is 6.49. The number of amides is 1. The van der Waals surface area contributed by atoms with Crippen molar-refractivity contribution in [3.05, 3.63) is 34.9 Å². The predicted octanol–water partition coefficient (Wildman–Crippen LogP) is 2.87. The van der Waals surface area contributed by atoms with Crippen molar-refractivity contribution in [2.24, 2.45) is 5.92 Å². The van der Waals surface area contributed by atoms with Crippen LogP contribution in [-0.4, -0.2) is 19.0 Å². The van der Waals surface area contributed by atoms with Gasteiger partial charge in [-0.1, -0.05) is 23.8 Å². The van der Waals surface area contributed by atoms with Crippen molar-refractivity contribution in [1.82, 2.24) is 10.6 Å². The maximum Gasteiger partial charge on any atom is 0.220 e. The molecule has 1 atom stereocenters. The Morgan fingerprint density at radius 3 is 2.75 bits per heavy atom. The van der Waals surface area contributed by atoms with Crippen LogP contribution in [-0.2, 0) is 4.79 Å². The Balaban J connectivity index is 1.91. The standard InChI is InChI=1S/C17H26N2O/c1-12-4-5-13(2)16(10-12)14(3)19-17(20)11-15-6-8-18-9-7-15/h4-5,10,14-15,18H,6-9,11H2,1-3H3,(H,19,20). The molecule has 0 bridgehead atoms. The normalized spacial score (nSPS) is 17.8. The zero-order chi connectivity index (χ0) is 14.5. The van der Waals surface area contributed by atoms with E-state index in [1.54, 1.807) is 0 Å². The van der Waals surface area contributed by atoms with Gasteiger partial charge >= 0.3 is 0 Å². The van der Waals surface area contributed by atoms with Gasteiger partial charge < -0.3 is 10.6 Å². The van der Waals surface area contributed by atoms with E-state index in [1.165, 1.54) is 16.7 Å². The highest BCUT2D eigenvalue weighted by Crippen LogP contribution is 2.20. The van der Waals surface area contributed by atoms with Gasteiger partial charge in [0.15, 0.2) is 0 Å². The highest BCUT2D eigenvalue weighted by Gasteiger charge is 2.18. The average molecular weight is 274 g/mol.